The van der Waals surface area contributed by atoms with E-state index in [0.29, 0.717) is 19.6 Å². The average Bonchev–Trinajstić information content (AvgIpc) is 3.31. The normalized spacial score (nSPS) is 28.5. The van der Waals surface area contributed by atoms with Crippen LogP contribution in [0.1, 0.15) is 34.8 Å². The maximum absolute atomic E-state index is 13.1. The zero-order chi connectivity index (χ0) is 19.5. The number of likely N-dealkylation sites (tertiary alicyclic amines) is 1. The number of nitrogens with zero attached hydrogens (tertiary/aromatic N) is 2. The van der Waals surface area contributed by atoms with Crippen molar-refractivity contribution in [3.05, 3.63) is 59.7 Å². The van der Waals surface area contributed by atoms with E-state index in [2.05, 4.69) is 0 Å². The van der Waals surface area contributed by atoms with Gasteiger partial charge in [-0.1, -0.05) is 36.4 Å². The second-order valence-electron chi connectivity index (χ2n) is 7.49. The predicted octanol–water partition coefficient (Wildman–Crippen LogP) is 2.01. The van der Waals surface area contributed by atoms with Gasteiger partial charge in [0.05, 0.1) is 25.1 Å². The molecule has 1 spiro atoms. The number of amides is 2. The average molecular weight is 380 g/mol. The standard InChI is InChI=1S/C21H20N2O5/c24-15-7-4-8-16(25)19(15)20(27)22-10-9-21-17(22)11-18(26)23(21)14(12-28-21)13-5-2-1-3-6-13/h1-8,14,17,24-25H,9-12H2/t14-,17+,21-/m0/s1. The third-order valence-electron chi connectivity index (χ3n) is 6.13. The van der Waals surface area contributed by atoms with E-state index in [1.165, 1.54) is 18.2 Å². The van der Waals surface area contributed by atoms with Gasteiger partial charge in [0, 0.05) is 13.0 Å². The molecule has 3 aliphatic heterocycles. The molecular weight excluding hydrogens is 360 g/mol. The van der Waals surface area contributed by atoms with E-state index in [1.54, 1.807) is 9.80 Å². The quantitative estimate of drug-likeness (QED) is 0.832. The largest absolute Gasteiger partial charge is 0.507 e. The molecule has 3 heterocycles. The van der Waals surface area contributed by atoms with Crippen LogP contribution in [-0.4, -0.2) is 56.7 Å². The smallest absolute Gasteiger partial charge is 0.261 e. The molecule has 144 valence electrons. The van der Waals surface area contributed by atoms with Gasteiger partial charge in [-0.2, -0.15) is 0 Å². The fraction of sp³-hybridized carbons (Fsp3) is 0.333. The van der Waals surface area contributed by atoms with Crippen LogP contribution in [0.15, 0.2) is 48.5 Å². The van der Waals surface area contributed by atoms with Crippen LogP contribution in [0, 0.1) is 0 Å². The van der Waals surface area contributed by atoms with Crippen LogP contribution >= 0.6 is 0 Å². The molecule has 2 aromatic carbocycles. The van der Waals surface area contributed by atoms with Crippen LogP contribution in [-0.2, 0) is 9.53 Å². The molecule has 28 heavy (non-hydrogen) atoms. The van der Waals surface area contributed by atoms with Gasteiger partial charge in [-0.05, 0) is 17.7 Å². The van der Waals surface area contributed by atoms with Crippen molar-refractivity contribution >= 4 is 11.8 Å². The maximum Gasteiger partial charge on any atom is 0.261 e. The highest BCUT2D eigenvalue weighted by atomic mass is 16.5. The third kappa shape index (κ3) is 2.19. The van der Waals surface area contributed by atoms with Crippen molar-refractivity contribution in [2.24, 2.45) is 0 Å². The zero-order valence-corrected chi connectivity index (χ0v) is 15.1. The van der Waals surface area contributed by atoms with E-state index >= 15 is 0 Å². The number of ether oxygens (including phenoxy) is 1. The lowest BCUT2D eigenvalue weighted by Crippen LogP contribution is -2.49. The molecule has 5 rings (SSSR count). The van der Waals surface area contributed by atoms with Crippen molar-refractivity contribution in [1.29, 1.82) is 0 Å². The minimum Gasteiger partial charge on any atom is -0.507 e. The first-order chi connectivity index (χ1) is 13.5. The molecule has 2 aromatic rings. The summed E-state index contributed by atoms with van der Waals surface area (Å²) >= 11 is 0. The number of phenolic OH excluding ortho intramolecular Hbond substituents is 2. The molecule has 7 nitrogen and oxygen atoms in total. The lowest BCUT2D eigenvalue weighted by atomic mass is 10.0. The molecule has 3 fully saturated rings. The Bertz CT molecular complexity index is 942. The molecule has 3 saturated heterocycles. The summed E-state index contributed by atoms with van der Waals surface area (Å²) in [5, 5.41) is 20.1. The topological polar surface area (TPSA) is 90.3 Å². The van der Waals surface area contributed by atoms with Gasteiger partial charge in [-0.25, -0.2) is 0 Å². The molecule has 2 amide bonds. The number of aromatic hydroxyl groups is 2. The van der Waals surface area contributed by atoms with E-state index in [1.807, 2.05) is 30.3 Å². The van der Waals surface area contributed by atoms with Crippen LogP contribution in [0.4, 0.5) is 0 Å². The van der Waals surface area contributed by atoms with E-state index in [-0.39, 0.29) is 35.4 Å². The number of hydrogen-bond donors (Lipinski definition) is 2. The monoisotopic (exact) mass is 380 g/mol. The SMILES string of the molecule is O=C(c1c(O)cccc1O)N1CC[C@@]23OC[C@@H](c4ccccc4)N2C(=O)C[C@@H]13. The van der Waals surface area contributed by atoms with Crippen LogP contribution in [0.25, 0.3) is 0 Å². The fourth-order valence-electron chi connectivity index (χ4n) is 4.90. The molecule has 0 aliphatic carbocycles. The van der Waals surface area contributed by atoms with Crippen molar-refractivity contribution in [2.75, 3.05) is 13.2 Å². The summed E-state index contributed by atoms with van der Waals surface area (Å²) in [5.74, 6) is -1.09. The number of benzene rings is 2. The van der Waals surface area contributed by atoms with Gasteiger partial charge in [0.2, 0.25) is 5.91 Å². The molecule has 0 unspecified atom stereocenters. The Balaban J connectivity index is 1.49. The predicted molar refractivity (Wildman–Crippen MR) is 98.5 cm³/mol. The van der Waals surface area contributed by atoms with Gasteiger partial charge in [-0.15, -0.1) is 0 Å². The summed E-state index contributed by atoms with van der Waals surface area (Å²) in [4.78, 5) is 29.3. The second kappa shape index (κ2) is 5.97. The van der Waals surface area contributed by atoms with Gasteiger partial charge in [-0.3, -0.25) is 9.59 Å². The summed E-state index contributed by atoms with van der Waals surface area (Å²) in [6.07, 6.45) is 0.677. The minimum atomic E-state index is -0.840. The van der Waals surface area contributed by atoms with Gasteiger partial charge in [0.15, 0.2) is 5.72 Å². The van der Waals surface area contributed by atoms with Gasteiger partial charge >= 0.3 is 0 Å². The Morgan fingerprint density at radius 1 is 1.07 bits per heavy atom. The number of phenols is 2. The molecule has 2 N–H and O–H groups in total. The Labute approximate surface area is 161 Å². The van der Waals surface area contributed by atoms with Crippen LogP contribution in [0.5, 0.6) is 11.5 Å². The molecule has 0 aromatic heterocycles. The highest BCUT2D eigenvalue weighted by Gasteiger charge is 2.65. The summed E-state index contributed by atoms with van der Waals surface area (Å²) in [6, 6.07) is 13.3. The first-order valence-corrected chi connectivity index (χ1v) is 9.36. The molecule has 3 aliphatic rings. The van der Waals surface area contributed by atoms with Crippen LogP contribution in [0.3, 0.4) is 0 Å². The second-order valence-corrected chi connectivity index (χ2v) is 7.49. The summed E-state index contributed by atoms with van der Waals surface area (Å²) in [5.41, 5.74) is 0.0346. The van der Waals surface area contributed by atoms with Crippen molar-refractivity contribution in [1.82, 2.24) is 9.80 Å². The minimum absolute atomic E-state index is 0.0460. The number of carbonyl (C=O) groups is 2. The summed E-state index contributed by atoms with van der Waals surface area (Å²) in [7, 11) is 0. The van der Waals surface area contributed by atoms with Crippen LogP contribution < -0.4 is 0 Å². The summed E-state index contributed by atoms with van der Waals surface area (Å²) in [6.45, 7) is 0.776. The van der Waals surface area contributed by atoms with Crippen molar-refractivity contribution in [2.45, 2.75) is 30.7 Å². The molecule has 3 atom stereocenters. The van der Waals surface area contributed by atoms with Gasteiger partial charge in [0.25, 0.3) is 5.91 Å². The molecule has 0 saturated carbocycles. The first-order valence-electron chi connectivity index (χ1n) is 9.36. The first kappa shape index (κ1) is 17.1. The van der Waals surface area contributed by atoms with E-state index < -0.39 is 17.7 Å². The Morgan fingerprint density at radius 2 is 1.79 bits per heavy atom. The maximum atomic E-state index is 13.1. The summed E-state index contributed by atoms with van der Waals surface area (Å²) < 4.78 is 6.19. The zero-order valence-electron chi connectivity index (χ0n) is 15.1. The highest BCUT2D eigenvalue weighted by Crippen LogP contribution is 2.52. The molecular formula is C21H20N2O5. The molecule has 0 bridgehead atoms. The number of rotatable bonds is 2. The van der Waals surface area contributed by atoms with E-state index in [9.17, 15) is 19.8 Å². The Hall–Kier alpha value is -3.06. The fourth-order valence-corrected chi connectivity index (χ4v) is 4.90. The number of carbonyl (C=O) groups excluding carboxylic acids is 2. The Morgan fingerprint density at radius 3 is 2.50 bits per heavy atom. The highest BCUT2D eigenvalue weighted by molar-refractivity contribution is 6.00. The number of hydrogen-bond acceptors (Lipinski definition) is 5. The van der Waals surface area contributed by atoms with Gasteiger partial charge < -0.3 is 24.7 Å². The van der Waals surface area contributed by atoms with Gasteiger partial charge in [0.1, 0.15) is 17.1 Å². The lowest BCUT2D eigenvalue weighted by Gasteiger charge is -2.33. The van der Waals surface area contributed by atoms with Crippen LogP contribution in [0.2, 0.25) is 0 Å². The van der Waals surface area contributed by atoms with E-state index in [4.69, 9.17) is 4.74 Å². The van der Waals surface area contributed by atoms with Crippen molar-refractivity contribution < 1.29 is 24.5 Å². The molecule has 7 heteroatoms. The molecule has 0 radical (unpaired) electrons. The van der Waals surface area contributed by atoms with E-state index in [0.717, 1.165) is 5.56 Å². The lowest BCUT2D eigenvalue weighted by molar-refractivity contribution is -0.138. The van der Waals surface area contributed by atoms with Crippen molar-refractivity contribution in [3.8, 4) is 11.5 Å². The Kier molecular flexibility index (Phi) is 3.64. The van der Waals surface area contributed by atoms with Crippen molar-refractivity contribution in [3.63, 3.8) is 0 Å². The third-order valence-corrected chi connectivity index (χ3v) is 6.13.